The van der Waals surface area contributed by atoms with Gasteiger partial charge >= 0.3 is 0 Å². The molecule has 1 saturated heterocycles. The molecule has 6 nitrogen and oxygen atoms in total. The minimum Gasteiger partial charge on any atom is -0.456 e. The first-order chi connectivity index (χ1) is 14.7. The molecule has 30 heavy (non-hydrogen) atoms. The Morgan fingerprint density at radius 3 is 2.73 bits per heavy atom. The number of nitrogens with zero attached hydrogens (tertiary/aromatic N) is 2. The van der Waals surface area contributed by atoms with Crippen LogP contribution in [-0.2, 0) is 4.79 Å². The second-order valence-electron chi connectivity index (χ2n) is 7.55. The van der Waals surface area contributed by atoms with Crippen molar-refractivity contribution in [2.24, 2.45) is 0 Å². The highest BCUT2D eigenvalue weighted by molar-refractivity contribution is 6.07. The van der Waals surface area contributed by atoms with Crippen molar-refractivity contribution in [3.63, 3.8) is 0 Å². The first-order valence-corrected chi connectivity index (χ1v) is 10.1. The predicted molar refractivity (Wildman–Crippen MR) is 115 cm³/mol. The number of benzene rings is 2. The number of piperidine rings is 1. The Labute approximate surface area is 173 Å². The van der Waals surface area contributed by atoms with Crippen molar-refractivity contribution in [3.8, 4) is 0 Å². The number of aromatic nitrogens is 1. The van der Waals surface area contributed by atoms with Crippen molar-refractivity contribution >= 4 is 39.4 Å². The number of nitrogens with one attached hydrogen (secondary N) is 1. The number of hydrogen-bond donors (Lipinski definition) is 1. The largest absolute Gasteiger partial charge is 0.456 e. The quantitative estimate of drug-likeness (QED) is 0.546. The third-order valence-corrected chi connectivity index (χ3v) is 5.62. The summed E-state index contributed by atoms with van der Waals surface area (Å²) in [4.78, 5) is 31.7. The summed E-state index contributed by atoms with van der Waals surface area (Å²) in [6.45, 7) is 0.564. The molecule has 3 heterocycles. The van der Waals surface area contributed by atoms with Gasteiger partial charge in [0.2, 0.25) is 5.91 Å². The number of likely N-dealkylation sites (tertiary alicyclic amines) is 1. The summed E-state index contributed by atoms with van der Waals surface area (Å²) in [6.07, 6.45) is 5.62. The number of rotatable bonds is 3. The van der Waals surface area contributed by atoms with Crippen molar-refractivity contribution in [2.45, 2.75) is 25.3 Å². The molecule has 6 heteroatoms. The summed E-state index contributed by atoms with van der Waals surface area (Å²) in [7, 11) is 0. The van der Waals surface area contributed by atoms with E-state index < -0.39 is 6.04 Å². The van der Waals surface area contributed by atoms with Crippen molar-refractivity contribution < 1.29 is 14.0 Å². The van der Waals surface area contributed by atoms with Crippen molar-refractivity contribution in [3.05, 3.63) is 72.6 Å². The molecular weight excluding hydrogens is 378 g/mol. The fraction of sp³-hybridized carbons (Fsp3) is 0.208. The van der Waals surface area contributed by atoms with Crippen LogP contribution in [0.2, 0.25) is 0 Å². The maximum Gasteiger partial charge on any atom is 0.256 e. The van der Waals surface area contributed by atoms with Gasteiger partial charge in [0.1, 0.15) is 17.2 Å². The van der Waals surface area contributed by atoms with E-state index in [0.717, 1.165) is 34.8 Å². The van der Waals surface area contributed by atoms with E-state index in [4.69, 9.17) is 4.42 Å². The SMILES string of the molecule is O=C(Nc1ccc2c(c1)oc1ccccc12)C1CCCCN1C(=O)c1cccnc1. The van der Waals surface area contributed by atoms with Crippen LogP contribution in [-0.4, -0.2) is 34.3 Å². The highest BCUT2D eigenvalue weighted by atomic mass is 16.3. The van der Waals surface area contributed by atoms with Crippen LogP contribution in [0.3, 0.4) is 0 Å². The molecule has 0 bridgehead atoms. The molecule has 1 N–H and O–H groups in total. The zero-order chi connectivity index (χ0) is 20.5. The van der Waals surface area contributed by atoms with Crippen LogP contribution in [0.1, 0.15) is 29.6 Å². The van der Waals surface area contributed by atoms with Crippen LogP contribution in [0.15, 0.2) is 71.4 Å². The molecule has 2 amide bonds. The number of furan rings is 1. The van der Waals surface area contributed by atoms with Crippen molar-refractivity contribution in [1.82, 2.24) is 9.88 Å². The second-order valence-corrected chi connectivity index (χ2v) is 7.55. The lowest BCUT2D eigenvalue weighted by atomic mass is 10.00. The van der Waals surface area contributed by atoms with Gasteiger partial charge in [-0.25, -0.2) is 0 Å². The summed E-state index contributed by atoms with van der Waals surface area (Å²) >= 11 is 0. The maximum absolute atomic E-state index is 13.1. The Balaban J connectivity index is 1.39. The normalized spacial score (nSPS) is 16.7. The van der Waals surface area contributed by atoms with Gasteiger partial charge in [-0.2, -0.15) is 0 Å². The summed E-state index contributed by atoms with van der Waals surface area (Å²) in [5.74, 6) is -0.335. The van der Waals surface area contributed by atoms with Crippen LogP contribution in [0, 0.1) is 0 Å². The number of fused-ring (bicyclic) bond motifs is 3. The standard InChI is InChI=1S/C24H21N3O3/c28-23(20-8-3-4-13-27(20)24(29)16-6-5-12-25-15-16)26-17-10-11-19-18-7-1-2-9-21(18)30-22(19)14-17/h1-2,5-7,9-12,14-15,20H,3-4,8,13H2,(H,26,28). The Morgan fingerprint density at radius 1 is 1.00 bits per heavy atom. The van der Waals surface area contributed by atoms with E-state index in [1.807, 2.05) is 42.5 Å². The van der Waals surface area contributed by atoms with Gasteiger partial charge < -0.3 is 14.6 Å². The fourth-order valence-electron chi connectivity index (χ4n) is 4.13. The van der Waals surface area contributed by atoms with Crippen LogP contribution < -0.4 is 5.32 Å². The molecule has 0 saturated carbocycles. The summed E-state index contributed by atoms with van der Waals surface area (Å²) < 4.78 is 5.91. The van der Waals surface area contributed by atoms with Gasteiger partial charge in [0.15, 0.2) is 0 Å². The number of hydrogen-bond acceptors (Lipinski definition) is 4. The highest BCUT2D eigenvalue weighted by Crippen LogP contribution is 2.30. The lowest BCUT2D eigenvalue weighted by Crippen LogP contribution is -2.50. The van der Waals surface area contributed by atoms with E-state index in [9.17, 15) is 9.59 Å². The lowest BCUT2D eigenvalue weighted by molar-refractivity contribution is -0.121. The number of carbonyl (C=O) groups is 2. The van der Waals surface area contributed by atoms with Gasteiger partial charge in [-0.1, -0.05) is 18.2 Å². The number of pyridine rings is 1. The summed E-state index contributed by atoms with van der Waals surface area (Å²) in [5.41, 5.74) is 2.70. The molecule has 1 aliphatic rings. The third kappa shape index (κ3) is 3.30. The molecular formula is C24H21N3O3. The number of amides is 2. The van der Waals surface area contributed by atoms with Crippen molar-refractivity contribution in [1.29, 1.82) is 0 Å². The van der Waals surface area contributed by atoms with Gasteiger partial charge in [-0.3, -0.25) is 14.6 Å². The Hall–Kier alpha value is -3.67. The molecule has 1 aliphatic heterocycles. The van der Waals surface area contributed by atoms with Crippen LogP contribution in [0.4, 0.5) is 5.69 Å². The number of para-hydroxylation sites is 1. The third-order valence-electron chi connectivity index (χ3n) is 5.62. The molecule has 0 aliphatic carbocycles. The van der Waals surface area contributed by atoms with Gasteiger partial charge in [-0.05, 0) is 49.6 Å². The van der Waals surface area contributed by atoms with E-state index in [1.165, 1.54) is 0 Å². The monoisotopic (exact) mass is 399 g/mol. The zero-order valence-corrected chi connectivity index (χ0v) is 16.4. The molecule has 2 aromatic heterocycles. The molecule has 1 fully saturated rings. The zero-order valence-electron chi connectivity index (χ0n) is 16.4. The Morgan fingerprint density at radius 2 is 1.87 bits per heavy atom. The van der Waals surface area contributed by atoms with Crippen LogP contribution in [0.25, 0.3) is 21.9 Å². The molecule has 1 unspecified atom stereocenters. The first kappa shape index (κ1) is 18.4. The van der Waals surface area contributed by atoms with E-state index in [2.05, 4.69) is 10.3 Å². The molecule has 150 valence electrons. The molecule has 2 aromatic carbocycles. The van der Waals surface area contributed by atoms with Crippen LogP contribution in [0.5, 0.6) is 0 Å². The van der Waals surface area contributed by atoms with E-state index in [-0.39, 0.29) is 11.8 Å². The highest BCUT2D eigenvalue weighted by Gasteiger charge is 2.32. The average molecular weight is 399 g/mol. The van der Waals surface area contributed by atoms with Gasteiger partial charge in [0.25, 0.3) is 5.91 Å². The molecule has 4 aromatic rings. The van der Waals surface area contributed by atoms with Gasteiger partial charge in [0, 0.05) is 41.5 Å². The second kappa shape index (κ2) is 7.63. The first-order valence-electron chi connectivity index (χ1n) is 10.1. The maximum atomic E-state index is 13.1. The average Bonchev–Trinajstić information content (AvgIpc) is 3.17. The van der Waals surface area contributed by atoms with Gasteiger partial charge in [0.05, 0.1) is 5.56 Å². The number of carbonyl (C=O) groups excluding carboxylic acids is 2. The fourth-order valence-corrected chi connectivity index (χ4v) is 4.13. The van der Waals surface area contributed by atoms with Crippen molar-refractivity contribution in [2.75, 3.05) is 11.9 Å². The van der Waals surface area contributed by atoms with E-state index in [0.29, 0.717) is 24.2 Å². The smallest absolute Gasteiger partial charge is 0.256 e. The number of anilines is 1. The molecule has 1 atom stereocenters. The summed E-state index contributed by atoms with van der Waals surface area (Å²) in [6, 6.07) is 16.5. The molecule has 5 rings (SSSR count). The summed E-state index contributed by atoms with van der Waals surface area (Å²) in [5, 5.41) is 5.03. The minimum atomic E-state index is -0.502. The Bertz CT molecular complexity index is 1230. The van der Waals surface area contributed by atoms with Gasteiger partial charge in [-0.15, -0.1) is 0 Å². The van der Waals surface area contributed by atoms with E-state index >= 15 is 0 Å². The topological polar surface area (TPSA) is 75.4 Å². The van der Waals surface area contributed by atoms with E-state index in [1.54, 1.807) is 29.4 Å². The molecule has 0 spiro atoms. The predicted octanol–water partition coefficient (Wildman–Crippen LogP) is 4.61. The Kier molecular flexibility index (Phi) is 4.67. The minimum absolute atomic E-state index is 0.157. The lowest BCUT2D eigenvalue weighted by Gasteiger charge is -2.34. The molecule has 0 radical (unpaired) electrons. The van der Waals surface area contributed by atoms with Crippen LogP contribution >= 0.6 is 0 Å².